The molecule has 5 heteroatoms. The lowest BCUT2D eigenvalue weighted by atomic mass is 9.48. The standard InChI is InChI=1S/C22H26N2O2S/c23-21-24-19(17-4-2-1-3-5-17)20(27-21)18(26-13-25)12-22-9-14-6-15(10-22)8-16(7-14)11-22/h1-5,13-16,18H,6-12H2,(H2,23,24). The Hall–Kier alpha value is -1.88. The summed E-state index contributed by atoms with van der Waals surface area (Å²) in [4.78, 5) is 16.9. The van der Waals surface area contributed by atoms with Gasteiger partial charge in [-0.15, -0.1) is 0 Å². The highest BCUT2D eigenvalue weighted by molar-refractivity contribution is 7.15. The molecular weight excluding hydrogens is 356 g/mol. The SMILES string of the molecule is Nc1nc(-c2ccccc2)c(C(CC23CC4CC(CC(C4)C2)C3)OC=O)s1. The first-order valence-electron chi connectivity index (χ1n) is 10.0. The molecule has 27 heavy (non-hydrogen) atoms. The Kier molecular flexibility index (Phi) is 4.23. The third kappa shape index (κ3) is 3.16. The van der Waals surface area contributed by atoms with Gasteiger partial charge in [-0.1, -0.05) is 41.7 Å². The predicted octanol–water partition coefficient (Wildman–Crippen LogP) is 5.21. The average molecular weight is 383 g/mol. The molecule has 0 radical (unpaired) electrons. The quantitative estimate of drug-likeness (QED) is 0.696. The van der Waals surface area contributed by atoms with Crippen molar-refractivity contribution in [2.75, 3.05) is 5.73 Å². The molecule has 6 rings (SSSR count). The Morgan fingerprint density at radius 1 is 1.15 bits per heavy atom. The number of nitrogens with zero attached hydrogens (tertiary/aromatic N) is 1. The molecule has 1 aromatic carbocycles. The number of rotatable bonds is 6. The second-order valence-electron chi connectivity index (χ2n) is 8.97. The van der Waals surface area contributed by atoms with Crippen LogP contribution in [0.5, 0.6) is 0 Å². The zero-order valence-corrected chi connectivity index (χ0v) is 16.3. The van der Waals surface area contributed by atoms with Crippen molar-refractivity contribution < 1.29 is 9.53 Å². The third-order valence-corrected chi connectivity index (χ3v) is 7.99. The lowest BCUT2D eigenvalue weighted by molar-refractivity contribution is -0.139. The first-order chi connectivity index (χ1) is 13.1. The first kappa shape index (κ1) is 17.2. The van der Waals surface area contributed by atoms with Crippen LogP contribution in [0.15, 0.2) is 30.3 Å². The molecule has 1 heterocycles. The lowest BCUT2D eigenvalue weighted by Gasteiger charge is -2.57. The Labute approximate surface area is 164 Å². The van der Waals surface area contributed by atoms with Crippen molar-refractivity contribution in [2.45, 2.75) is 51.0 Å². The van der Waals surface area contributed by atoms with E-state index in [0.29, 0.717) is 17.0 Å². The van der Waals surface area contributed by atoms with Crippen LogP contribution in [-0.4, -0.2) is 11.5 Å². The molecule has 1 unspecified atom stereocenters. The molecule has 0 amide bonds. The summed E-state index contributed by atoms with van der Waals surface area (Å²) in [6.07, 6.45) is 8.82. The molecule has 4 saturated carbocycles. The number of benzene rings is 1. The van der Waals surface area contributed by atoms with Crippen LogP contribution < -0.4 is 5.73 Å². The van der Waals surface area contributed by atoms with E-state index in [0.717, 1.165) is 40.3 Å². The van der Waals surface area contributed by atoms with Gasteiger partial charge in [-0.3, -0.25) is 4.79 Å². The molecular formula is C22H26N2O2S. The highest BCUT2D eigenvalue weighted by Crippen LogP contribution is 2.63. The second-order valence-corrected chi connectivity index (χ2v) is 10.0. The van der Waals surface area contributed by atoms with Gasteiger partial charge in [0.25, 0.3) is 6.47 Å². The minimum absolute atomic E-state index is 0.247. The lowest BCUT2D eigenvalue weighted by Crippen LogP contribution is -2.46. The molecule has 4 aliphatic carbocycles. The van der Waals surface area contributed by atoms with E-state index in [1.54, 1.807) is 0 Å². The summed E-state index contributed by atoms with van der Waals surface area (Å²) in [6, 6.07) is 10.1. The Balaban J connectivity index is 1.48. The summed E-state index contributed by atoms with van der Waals surface area (Å²) in [6.45, 7) is 0.607. The predicted molar refractivity (Wildman–Crippen MR) is 107 cm³/mol. The maximum absolute atomic E-state index is 11.4. The average Bonchev–Trinajstić information content (AvgIpc) is 3.03. The number of carbonyl (C=O) groups is 1. The van der Waals surface area contributed by atoms with E-state index in [2.05, 4.69) is 4.98 Å². The highest BCUT2D eigenvalue weighted by Gasteiger charge is 2.52. The molecule has 0 spiro atoms. The zero-order chi connectivity index (χ0) is 18.4. The van der Waals surface area contributed by atoms with Crippen LogP contribution in [0.3, 0.4) is 0 Å². The van der Waals surface area contributed by atoms with Crippen molar-refractivity contribution in [3.05, 3.63) is 35.2 Å². The second kappa shape index (κ2) is 6.62. The molecule has 4 aliphatic rings. The van der Waals surface area contributed by atoms with E-state index >= 15 is 0 Å². The monoisotopic (exact) mass is 382 g/mol. The Bertz CT molecular complexity index is 797. The molecule has 0 saturated heterocycles. The largest absolute Gasteiger partial charge is 0.459 e. The van der Waals surface area contributed by atoms with Gasteiger partial charge >= 0.3 is 0 Å². The van der Waals surface area contributed by atoms with Crippen molar-refractivity contribution in [3.8, 4) is 11.3 Å². The van der Waals surface area contributed by atoms with Crippen LogP contribution in [-0.2, 0) is 9.53 Å². The van der Waals surface area contributed by atoms with E-state index in [1.807, 2.05) is 30.3 Å². The molecule has 0 aliphatic heterocycles. The van der Waals surface area contributed by atoms with Crippen molar-refractivity contribution >= 4 is 22.9 Å². The van der Waals surface area contributed by atoms with E-state index in [9.17, 15) is 4.79 Å². The molecule has 1 aromatic heterocycles. The van der Waals surface area contributed by atoms with E-state index in [1.165, 1.54) is 49.9 Å². The molecule has 2 N–H and O–H groups in total. The molecule has 2 aromatic rings. The maximum Gasteiger partial charge on any atom is 0.293 e. The number of hydrogen-bond acceptors (Lipinski definition) is 5. The van der Waals surface area contributed by atoms with Crippen molar-refractivity contribution in [2.24, 2.45) is 23.2 Å². The van der Waals surface area contributed by atoms with E-state index < -0.39 is 0 Å². The van der Waals surface area contributed by atoms with Gasteiger partial charge in [-0.05, 0) is 68.1 Å². The zero-order valence-electron chi connectivity index (χ0n) is 15.5. The van der Waals surface area contributed by atoms with Gasteiger partial charge in [0, 0.05) is 5.56 Å². The molecule has 1 atom stereocenters. The summed E-state index contributed by atoms with van der Waals surface area (Å²) in [5.74, 6) is 2.65. The normalized spacial score (nSPS) is 32.4. The van der Waals surface area contributed by atoms with Crippen LogP contribution in [0.2, 0.25) is 0 Å². The number of nitrogens with two attached hydrogens (primary N) is 1. The third-order valence-electron chi connectivity index (χ3n) is 7.01. The van der Waals surface area contributed by atoms with Crippen molar-refractivity contribution in [1.82, 2.24) is 4.98 Å². The number of nitrogen functional groups attached to an aromatic ring is 1. The van der Waals surface area contributed by atoms with Crippen LogP contribution in [0.4, 0.5) is 5.13 Å². The van der Waals surface area contributed by atoms with Crippen LogP contribution in [0, 0.1) is 23.2 Å². The number of carbonyl (C=O) groups excluding carboxylic acids is 1. The highest BCUT2D eigenvalue weighted by atomic mass is 32.1. The fourth-order valence-electron chi connectivity index (χ4n) is 6.57. The Morgan fingerprint density at radius 2 is 1.78 bits per heavy atom. The summed E-state index contributed by atoms with van der Waals surface area (Å²) in [7, 11) is 0. The first-order valence-corrected chi connectivity index (χ1v) is 10.9. The maximum atomic E-state index is 11.4. The van der Waals surface area contributed by atoms with Gasteiger partial charge in [-0.25, -0.2) is 4.98 Å². The van der Waals surface area contributed by atoms with Gasteiger partial charge in [-0.2, -0.15) is 0 Å². The minimum Gasteiger partial charge on any atom is -0.459 e. The topological polar surface area (TPSA) is 65.2 Å². The molecule has 4 bridgehead atoms. The van der Waals surface area contributed by atoms with Crippen LogP contribution >= 0.6 is 11.3 Å². The van der Waals surface area contributed by atoms with Gasteiger partial charge < -0.3 is 10.5 Å². The van der Waals surface area contributed by atoms with Crippen LogP contribution in [0.25, 0.3) is 11.3 Å². The summed E-state index contributed by atoms with van der Waals surface area (Å²) < 4.78 is 5.68. The number of hydrogen-bond donors (Lipinski definition) is 1. The smallest absolute Gasteiger partial charge is 0.293 e. The van der Waals surface area contributed by atoms with Gasteiger partial charge in [0.1, 0.15) is 6.10 Å². The Morgan fingerprint density at radius 3 is 2.37 bits per heavy atom. The molecule has 4 nitrogen and oxygen atoms in total. The molecule has 4 fully saturated rings. The summed E-state index contributed by atoms with van der Waals surface area (Å²) in [5, 5.41) is 0.536. The van der Waals surface area contributed by atoms with Gasteiger partial charge in [0.05, 0.1) is 10.6 Å². The number of aromatic nitrogens is 1. The minimum atomic E-state index is -0.247. The van der Waals surface area contributed by atoms with E-state index in [4.69, 9.17) is 10.5 Å². The number of ether oxygens (including phenoxy) is 1. The van der Waals surface area contributed by atoms with Crippen LogP contribution in [0.1, 0.15) is 55.9 Å². The van der Waals surface area contributed by atoms with Crippen molar-refractivity contribution in [3.63, 3.8) is 0 Å². The fourth-order valence-corrected chi connectivity index (χ4v) is 7.47. The molecule has 142 valence electrons. The van der Waals surface area contributed by atoms with Gasteiger partial charge in [0.2, 0.25) is 0 Å². The number of thiazole rings is 1. The fraction of sp³-hybridized carbons (Fsp3) is 0.545. The van der Waals surface area contributed by atoms with Crippen molar-refractivity contribution in [1.29, 1.82) is 0 Å². The summed E-state index contributed by atoms with van der Waals surface area (Å²) >= 11 is 1.47. The summed E-state index contributed by atoms with van der Waals surface area (Å²) in [5.41, 5.74) is 8.31. The van der Waals surface area contributed by atoms with Gasteiger partial charge in [0.15, 0.2) is 5.13 Å². The number of anilines is 1. The van der Waals surface area contributed by atoms with E-state index in [-0.39, 0.29) is 6.10 Å².